The Morgan fingerprint density at radius 2 is 1.86 bits per heavy atom. The number of hydrogen-bond acceptors (Lipinski definition) is 4. The average molecular weight is 536 g/mol. The van der Waals surface area contributed by atoms with Crippen molar-refractivity contribution in [2.45, 2.75) is 69.2 Å². The number of hydrogen-bond donors (Lipinski definition) is 0. The average Bonchev–Trinajstić information content (AvgIpc) is 3.67. The number of benzene rings is 1. The number of aromatic nitrogens is 1. The predicted molar refractivity (Wildman–Crippen MR) is 141 cm³/mol. The molecule has 1 saturated heterocycles. The molecule has 3 unspecified atom stereocenters. The summed E-state index contributed by atoms with van der Waals surface area (Å²) in [5.74, 6) is -0.210. The van der Waals surface area contributed by atoms with E-state index in [9.17, 15) is 13.2 Å². The highest BCUT2D eigenvalue weighted by atomic mass is 35.5. The molecule has 1 aromatic heterocycles. The Morgan fingerprint density at radius 3 is 2.43 bits per heavy atom. The number of likely N-dealkylation sites (tertiary alicyclic amines) is 1. The van der Waals surface area contributed by atoms with Gasteiger partial charge in [-0.25, -0.2) is 8.42 Å². The van der Waals surface area contributed by atoms with Gasteiger partial charge in [-0.3, -0.25) is 9.78 Å². The molecule has 2 aromatic rings. The van der Waals surface area contributed by atoms with Crippen LogP contribution in [0.15, 0.2) is 55.4 Å². The zero-order valence-corrected chi connectivity index (χ0v) is 22.5. The third kappa shape index (κ3) is 5.45. The van der Waals surface area contributed by atoms with Crippen molar-refractivity contribution in [2.75, 3.05) is 5.75 Å². The highest BCUT2D eigenvalue weighted by Gasteiger charge is 2.52. The van der Waals surface area contributed by atoms with E-state index in [-0.39, 0.29) is 28.9 Å². The third-order valence-corrected chi connectivity index (χ3v) is 10.2. The predicted octanol–water partition coefficient (Wildman–Crippen LogP) is 6.38. The second-order valence-electron chi connectivity index (χ2n) is 10.1. The lowest BCUT2D eigenvalue weighted by Gasteiger charge is -2.52. The van der Waals surface area contributed by atoms with Crippen LogP contribution in [0.25, 0.3) is 0 Å². The van der Waals surface area contributed by atoms with Crippen LogP contribution in [-0.2, 0) is 14.6 Å². The lowest BCUT2D eigenvalue weighted by molar-refractivity contribution is -0.153. The number of carbonyl (C=O) groups is 1. The van der Waals surface area contributed by atoms with Gasteiger partial charge in [-0.1, -0.05) is 55.3 Å². The zero-order valence-electron chi connectivity index (χ0n) is 20.2. The molecule has 1 saturated carbocycles. The van der Waals surface area contributed by atoms with Gasteiger partial charge in [-0.05, 0) is 61.4 Å². The molecule has 1 aliphatic carbocycles. The minimum Gasteiger partial charge on any atom is -0.331 e. The Bertz CT molecular complexity index is 1200. The summed E-state index contributed by atoms with van der Waals surface area (Å²) in [4.78, 5) is 20.4. The number of halogens is 2. The van der Waals surface area contributed by atoms with Crippen molar-refractivity contribution < 1.29 is 13.2 Å². The van der Waals surface area contributed by atoms with Crippen LogP contribution in [-0.4, -0.2) is 41.3 Å². The standard InChI is InChI=1S/C27H32Cl2N2O3S/c1-4-12-27(3)14-24(19-13-21(29)16-30-15-19)25(18-6-8-20(28)9-7-18)31(26(27)32)22(5-2)17-35(33,34)23-10-11-23/h4,6-9,13,15-16,22-25H,1,5,10-12,14,17H2,2-3H3/t22-,24?,25?,27?/m0/s1. The molecule has 8 heteroatoms. The molecule has 1 aliphatic heterocycles. The summed E-state index contributed by atoms with van der Waals surface area (Å²) in [6, 6.07) is 8.54. The molecule has 188 valence electrons. The second kappa shape index (κ2) is 10.2. The van der Waals surface area contributed by atoms with Crippen LogP contribution in [0.2, 0.25) is 10.0 Å². The summed E-state index contributed by atoms with van der Waals surface area (Å²) in [6.07, 6.45) is 8.16. The summed E-state index contributed by atoms with van der Waals surface area (Å²) >= 11 is 12.5. The first-order valence-electron chi connectivity index (χ1n) is 12.1. The van der Waals surface area contributed by atoms with E-state index in [1.165, 1.54) is 0 Å². The van der Waals surface area contributed by atoms with Gasteiger partial charge in [-0.2, -0.15) is 0 Å². The normalized spacial score (nSPS) is 25.9. The van der Waals surface area contributed by atoms with Crippen LogP contribution in [0.4, 0.5) is 0 Å². The minimum absolute atomic E-state index is 0.0331. The zero-order chi connectivity index (χ0) is 25.4. The summed E-state index contributed by atoms with van der Waals surface area (Å²) in [5, 5.41) is 0.843. The van der Waals surface area contributed by atoms with Gasteiger partial charge in [0, 0.05) is 29.4 Å². The van der Waals surface area contributed by atoms with Crippen LogP contribution in [0.3, 0.4) is 0 Å². The first kappa shape index (κ1) is 26.2. The molecule has 2 heterocycles. The highest BCUT2D eigenvalue weighted by Crippen LogP contribution is 2.52. The fraction of sp³-hybridized carbons (Fsp3) is 0.481. The van der Waals surface area contributed by atoms with Gasteiger partial charge < -0.3 is 4.90 Å². The van der Waals surface area contributed by atoms with Crippen molar-refractivity contribution in [3.05, 3.63) is 76.6 Å². The molecule has 2 fully saturated rings. The summed E-state index contributed by atoms with van der Waals surface area (Å²) in [7, 11) is -3.29. The number of allylic oxidation sites excluding steroid dienone is 1. The topological polar surface area (TPSA) is 67.3 Å². The molecule has 0 N–H and O–H groups in total. The van der Waals surface area contributed by atoms with Gasteiger partial charge in [0.05, 0.1) is 27.5 Å². The van der Waals surface area contributed by atoms with Gasteiger partial charge >= 0.3 is 0 Å². The molecule has 4 atom stereocenters. The highest BCUT2D eigenvalue weighted by molar-refractivity contribution is 7.92. The molecule has 5 nitrogen and oxygen atoms in total. The Kier molecular flexibility index (Phi) is 7.65. The Labute approximate surface area is 218 Å². The molecular formula is C27H32Cl2N2O3S. The van der Waals surface area contributed by atoms with Crippen LogP contribution in [0, 0.1) is 5.41 Å². The van der Waals surface area contributed by atoms with Gasteiger partial charge in [-0.15, -0.1) is 6.58 Å². The Morgan fingerprint density at radius 1 is 1.17 bits per heavy atom. The molecule has 0 bridgehead atoms. The Balaban J connectivity index is 1.88. The van der Waals surface area contributed by atoms with E-state index in [2.05, 4.69) is 11.6 Å². The van der Waals surface area contributed by atoms with Crippen molar-refractivity contribution in [2.24, 2.45) is 5.41 Å². The van der Waals surface area contributed by atoms with Gasteiger partial charge in [0.2, 0.25) is 5.91 Å². The lowest BCUT2D eigenvalue weighted by atomic mass is 9.67. The fourth-order valence-electron chi connectivity index (χ4n) is 5.41. The number of sulfone groups is 1. The largest absolute Gasteiger partial charge is 0.331 e. The molecule has 4 rings (SSSR count). The maximum absolute atomic E-state index is 14.2. The maximum atomic E-state index is 14.2. The van der Waals surface area contributed by atoms with E-state index >= 15 is 0 Å². The van der Waals surface area contributed by atoms with E-state index < -0.39 is 21.3 Å². The fourth-order valence-corrected chi connectivity index (χ4v) is 7.78. The number of piperidine rings is 1. The second-order valence-corrected chi connectivity index (χ2v) is 13.3. The molecule has 1 aromatic carbocycles. The van der Waals surface area contributed by atoms with Crippen molar-refractivity contribution in [3.63, 3.8) is 0 Å². The first-order chi connectivity index (χ1) is 16.6. The van der Waals surface area contributed by atoms with E-state index in [1.54, 1.807) is 18.5 Å². The quantitative estimate of drug-likeness (QED) is 0.350. The SMILES string of the molecule is C=CCC1(C)CC(c2cncc(Cl)c2)C(c2ccc(Cl)cc2)N([C@@H](CC)CS(=O)(=O)C2CC2)C1=O. The van der Waals surface area contributed by atoms with E-state index in [0.717, 1.165) is 11.1 Å². The van der Waals surface area contributed by atoms with Crippen molar-refractivity contribution >= 4 is 38.9 Å². The minimum atomic E-state index is -3.29. The number of pyridine rings is 1. The first-order valence-corrected chi connectivity index (χ1v) is 14.6. The molecule has 0 radical (unpaired) electrons. The number of carbonyl (C=O) groups excluding carboxylic acids is 1. The third-order valence-electron chi connectivity index (χ3n) is 7.38. The summed E-state index contributed by atoms with van der Waals surface area (Å²) in [6.45, 7) is 7.81. The molecule has 2 aliphatic rings. The summed E-state index contributed by atoms with van der Waals surface area (Å²) in [5.41, 5.74) is 1.11. The van der Waals surface area contributed by atoms with Gasteiger partial charge in [0.15, 0.2) is 9.84 Å². The van der Waals surface area contributed by atoms with Gasteiger partial charge in [0.25, 0.3) is 0 Å². The molecule has 1 amide bonds. The Hall–Kier alpha value is -1.89. The molecule has 35 heavy (non-hydrogen) atoms. The number of amides is 1. The number of rotatable bonds is 9. The van der Waals surface area contributed by atoms with Crippen molar-refractivity contribution in [1.29, 1.82) is 0 Å². The van der Waals surface area contributed by atoms with Crippen LogP contribution in [0.5, 0.6) is 0 Å². The van der Waals surface area contributed by atoms with E-state index in [0.29, 0.717) is 42.1 Å². The number of nitrogens with zero attached hydrogens (tertiary/aromatic N) is 2. The van der Waals surface area contributed by atoms with Crippen molar-refractivity contribution in [3.8, 4) is 0 Å². The lowest BCUT2D eigenvalue weighted by Crippen LogP contribution is -2.57. The van der Waals surface area contributed by atoms with E-state index in [1.807, 2.05) is 49.1 Å². The smallest absolute Gasteiger partial charge is 0.229 e. The van der Waals surface area contributed by atoms with Crippen molar-refractivity contribution in [1.82, 2.24) is 9.88 Å². The molecular weight excluding hydrogens is 503 g/mol. The monoisotopic (exact) mass is 534 g/mol. The molecule has 0 spiro atoms. The van der Waals surface area contributed by atoms with Crippen LogP contribution in [0.1, 0.15) is 69.0 Å². The van der Waals surface area contributed by atoms with Crippen LogP contribution >= 0.6 is 23.2 Å². The maximum Gasteiger partial charge on any atom is 0.229 e. The summed E-state index contributed by atoms with van der Waals surface area (Å²) < 4.78 is 26.2. The van der Waals surface area contributed by atoms with Gasteiger partial charge in [0.1, 0.15) is 0 Å². The van der Waals surface area contributed by atoms with E-state index in [4.69, 9.17) is 23.2 Å². The van der Waals surface area contributed by atoms with Crippen LogP contribution < -0.4 is 0 Å².